The number of rotatable bonds is 5. The molecule has 3 N–H and O–H groups in total. The topological polar surface area (TPSA) is 137 Å². The van der Waals surface area contributed by atoms with Gasteiger partial charge in [-0.25, -0.2) is 9.97 Å². The van der Waals surface area contributed by atoms with E-state index in [9.17, 15) is 4.79 Å². The van der Waals surface area contributed by atoms with Gasteiger partial charge in [0.15, 0.2) is 5.58 Å². The van der Waals surface area contributed by atoms with E-state index in [-0.39, 0.29) is 5.56 Å². The van der Waals surface area contributed by atoms with Crippen LogP contribution in [-0.2, 0) is 11.8 Å². The molecule has 0 unspecified atom stereocenters. The van der Waals surface area contributed by atoms with E-state index in [0.717, 1.165) is 5.56 Å². The molecule has 5 rings (SSSR count). The fourth-order valence-corrected chi connectivity index (χ4v) is 3.78. The molecule has 0 radical (unpaired) electrons. The fraction of sp³-hybridized carbons (Fsp3) is 0.286. The van der Waals surface area contributed by atoms with E-state index in [2.05, 4.69) is 20.4 Å². The van der Waals surface area contributed by atoms with E-state index in [0.29, 0.717) is 66.3 Å². The van der Waals surface area contributed by atoms with Crippen LogP contribution >= 0.6 is 0 Å². The number of morpholine rings is 1. The second-order valence-corrected chi connectivity index (χ2v) is 7.38. The van der Waals surface area contributed by atoms with Gasteiger partial charge in [-0.1, -0.05) is 6.07 Å². The summed E-state index contributed by atoms with van der Waals surface area (Å²) in [5.41, 5.74) is 9.21. The molecule has 0 aromatic carbocycles. The Morgan fingerprint density at radius 1 is 1.16 bits per heavy atom. The van der Waals surface area contributed by atoms with Crippen molar-refractivity contribution >= 4 is 29.0 Å². The van der Waals surface area contributed by atoms with Crippen LogP contribution in [0.5, 0.6) is 0 Å². The number of hydrogen-bond donors (Lipinski definition) is 2. The van der Waals surface area contributed by atoms with Crippen molar-refractivity contribution in [2.75, 3.05) is 43.6 Å². The number of ether oxygens (including phenoxy) is 1. The molecule has 4 aromatic heterocycles. The molecule has 0 saturated carbocycles. The molecule has 1 amide bonds. The van der Waals surface area contributed by atoms with Gasteiger partial charge in [0, 0.05) is 38.9 Å². The Labute approximate surface area is 183 Å². The molecule has 1 aliphatic heterocycles. The average molecular weight is 434 g/mol. The lowest BCUT2D eigenvalue weighted by Crippen LogP contribution is -2.36. The van der Waals surface area contributed by atoms with Crippen molar-refractivity contribution < 1.29 is 13.9 Å². The number of nitrogens with one attached hydrogen (secondary N) is 1. The second-order valence-electron chi connectivity index (χ2n) is 7.38. The van der Waals surface area contributed by atoms with Gasteiger partial charge in [-0.2, -0.15) is 10.1 Å². The maximum atomic E-state index is 12.5. The Kier molecular flexibility index (Phi) is 4.94. The number of nitrogens with two attached hydrogens (primary N) is 1. The van der Waals surface area contributed by atoms with Crippen molar-refractivity contribution in [2.24, 2.45) is 12.8 Å². The molecule has 4 aromatic rings. The molecule has 5 heterocycles. The summed E-state index contributed by atoms with van der Waals surface area (Å²) in [4.78, 5) is 28.3. The van der Waals surface area contributed by atoms with Crippen LogP contribution in [0, 0.1) is 0 Å². The van der Waals surface area contributed by atoms with Crippen molar-refractivity contribution in [1.82, 2.24) is 24.7 Å². The molecule has 1 fully saturated rings. The summed E-state index contributed by atoms with van der Waals surface area (Å²) in [6, 6.07) is 5.96. The van der Waals surface area contributed by atoms with Crippen LogP contribution in [0.1, 0.15) is 10.4 Å². The molecule has 32 heavy (non-hydrogen) atoms. The van der Waals surface area contributed by atoms with Crippen LogP contribution in [0.15, 0.2) is 35.0 Å². The Bertz CT molecular complexity index is 1310. The van der Waals surface area contributed by atoms with Crippen LogP contribution in [0.2, 0.25) is 0 Å². The number of carbonyl (C=O) groups excluding carboxylic acids is 1. The molecule has 0 aliphatic carbocycles. The number of aryl methyl sites for hydroxylation is 1. The Morgan fingerprint density at radius 2 is 1.94 bits per heavy atom. The number of oxazole rings is 1. The number of carbonyl (C=O) groups is 1. The van der Waals surface area contributed by atoms with Crippen molar-refractivity contribution in [3.05, 3.63) is 36.2 Å². The summed E-state index contributed by atoms with van der Waals surface area (Å²) in [5.74, 6) is -0.327. The van der Waals surface area contributed by atoms with Gasteiger partial charge >= 0.3 is 0 Å². The minimum atomic E-state index is -0.642. The third-order valence-electron chi connectivity index (χ3n) is 5.30. The zero-order valence-electron chi connectivity index (χ0n) is 17.7. The van der Waals surface area contributed by atoms with Crippen LogP contribution in [0.3, 0.4) is 0 Å². The van der Waals surface area contributed by atoms with E-state index in [4.69, 9.17) is 19.9 Å². The highest BCUT2D eigenvalue weighted by atomic mass is 16.5. The number of fused-ring (bicyclic) bond motifs is 1. The molecule has 1 saturated heterocycles. The normalized spacial score (nSPS) is 14.1. The van der Waals surface area contributed by atoms with Crippen molar-refractivity contribution in [3.63, 3.8) is 0 Å². The highest BCUT2D eigenvalue weighted by Gasteiger charge is 2.27. The Hall–Kier alpha value is -3.99. The SMILES string of the molecule is CNc1nc2nc(N3CCOCC3)oc2c(-c2cccc(-c3cnn(C)c3)n2)c1C(N)=O. The van der Waals surface area contributed by atoms with Crippen LogP contribution in [0.25, 0.3) is 33.7 Å². The zero-order chi connectivity index (χ0) is 22.2. The predicted molar refractivity (Wildman–Crippen MR) is 118 cm³/mol. The third-order valence-corrected chi connectivity index (χ3v) is 5.30. The third kappa shape index (κ3) is 3.42. The number of pyridine rings is 2. The van der Waals surface area contributed by atoms with Crippen LogP contribution in [0.4, 0.5) is 11.8 Å². The van der Waals surface area contributed by atoms with E-state index in [1.807, 2.05) is 30.3 Å². The fourth-order valence-electron chi connectivity index (χ4n) is 3.78. The van der Waals surface area contributed by atoms with Crippen LogP contribution in [-0.4, -0.2) is 64.0 Å². The van der Waals surface area contributed by atoms with E-state index < -0.39 is 5.91 Å². The second kappa shape index (κ2) is 7.93. The number of hydrogen-bond acceptors (Lipinski definition) is 9. The van der Waals surface area contributed by atoms with Gasteiger partial charge in [-0.3, -0.25) is 9.48 Å². The number of primary amides is 1. The highest BCUT2D eigenvalue weighted by molar-refractivity contribution is 6.09. The minimum Gasteiger partial charge on any atom is -0.421 e. The monoisotopic (exact) mass is 434 g/mol. The van der Waals surface area contributed by atoms with E-state index >= 15 is 0 Å². The lowest BCUT2D eigenvalue weighted by atomic mass is 10.0. The zero-order valence-corrected chi connectivity index (χ0v) is 17.7. The first-order valence-corrected chi connectivity index (χ1v) is 10.2. The first kappa shape index (κ1) is 19.9. The summed E-state index contributed by atoms with van der Waals surface area (Å²) in [6.07, 6.45) is 3.60. The number of aromatic nitrogens is 5. The van der Waals surface area contributed by atoms with Gasteiger partial charge in [0.2, 0.25) is 5.65 Å². The summed E-state index contributed by atoms with van der Waals surface area (Å²) in [6.45, 7) is 2.47. The number of anilines is 2. The summed E-state index contributed by atoms with van der Waals surface area (Å²) in [7, 11) is 3.51. The Balaban J connectivity index is 1.73. The molecule has 0 bridgehead atoms. The van der Waals surface area contributed by atoms with Crippen molar-refractivity contribution in [3.8, 4) is 22.5 Å². The number of amides is 1. The van der Waals surface area contributed by atoms with E-state index in [1.165, 1.54) is 0 Å². The van der Waals surface area contributed by atoms with Gasteiger partial charge in [0.1, 0.15) is 5.82 Å². The summed E-state index contributed by atoms with van der Waals surface area (Å²) in [5, 5.41) is 7.16. The standard InChI is InChI=1S/C21H22N8O3/c1-23-19-16(18(22)30)15(14-5-3-4-13(25-14)12-10-24-28(2)11-12)17-20(26-19)27-21(32-17)29-6-8-31-9-7-29/h3-5,10-11H,6-9H2,1-2H3,(H2,22,30)(H,23,26). The lowest BCUT2D eigenvalue weighted by molar-refractivity contribution is 0.100. The number of nitrogens with zero attached hydrogens (tertiary/aromatic N) is 6. The predicted octanol–water partition coefficient (Wildman–Crippen LogP) is 1.66. The van der Waals surface area contributed by atoms with Crippen molar-refractivity contribution in [2.45, 2.75) is 0 Å². The van der Waals surface area contributed by atoms with Gasteiger partial charge in [-0.05, 0) is 12.1 Å². The average Bonchev–Trinajstić information content (AvgIpc) is 3.44. The molecule has 0 spiro atoms. The van der Waals surface area contributed by atoms with Gasteiger partial charge in [-0.15, -0.1) is 0 Å². The minimum absolute atomic E-state index is 0.195. The molecular weight excluding hydrogens is 412 g/mol. The van der Waals surface area contributed by atoms with Crippen LogP contribution < -0.4 is 16.0 Å². The maximum Gasteiger partial charge on any atom is 0.300 e. The van der Waals surface area contributed by atoms with Gasteiger partial charge < -0.3 is 25.1 Å². The Morgan fingerprint density at radius 3 is 2.62 bits per heavy atom. The molecule has 0 atom stereocenters. The largest absolute Gasteiger partial charge is 0.421 e. The molecule has 11 nitrogen and oxygen atoms in total. The van der Waals surface area contributed by atoms with Gasteiger partial charge in [0.05, 0.1) is 41.9 Å². The lowest BCUT2D eigenvalue weighted by Gasteiger charge is -2.24. The molecule has 164 valence electrons. The summed E-state index contributed by atoms with van der Waals surface area (Å²) < 4.78 is 13.3. The quantitative estimate of drug-likeness (QED) is 0.480. The molecular formula is C21H22N8O3. The van der Waals surface area contributed by atoms with E-state index in [1.54, 1.807) is 24.0 Å². The van der Waals surface area contributed by atoms with Crippen molar-refractivity contribution in [1.29, 1.82) is 0 Å². The van der Waals surface area contributed by atoms with Gasteiger partial charge in [0.25, 0.3) is 11.9 Å². The molecule has 1 aliphatic rings. The highest BCUT2D eigenvalue weighted by Crippen LogP contribution is 2.37. The maximum absolute atomic E-state index is 12.5. The molecule has 11 heteroatoms. The smallest absolute Gasteiger partial charge is 0.300 e. The summed E-state index contributed by atoms with van der Waals surface area (Å²) >= 11 is 0. The first-order chi connectivity index (χ1) is 15.5. The first-order valence-electron chi connectivity index (χ1n) is 10.2.